The fourth-order valence-corrected chi connectivity index (χ4v) is 3.83. The second-order valence-corrected chi connectivity index (χ2v) is 7.83. The highest BCUT2D eigenvalue weighted by atomic mass is 19.2. The van der Waals surface area contributed by atoms with Crippen LogP contribution < -0.4 is 10.6 Å². The second kappa shape index (κ2) is 9.76. The summed E-state index contributed by atoms with van der Waals surface area (Å²) < 4.78 is 36.9. The molecule has 3 aromatic rings. The molecule has 2 aromatic carbocycles. The van der Waals surface area contributed by atoms with E-state index in [-0.39, 0.29) is 29.7 Å². The molecule has 1 saturated carbocycles. The van der Waals surface area contributed by atoms with Crippen molar-refractivity contribution in [3.05, 3.63) is 65.6 Å². The van der Waals surface area contributed by atoms with Gasteiger partial charge in [0, 0.05) is 24.4 Å². The fourth-order valence-electron chi connectivity index (χ4n) is 3.83. The number of hydrogen-bond acceptors (Lipinski definition) is 7. The van der Waals surface area contributed by atoms with Gasteiger partial charge in [-0.15, -0.1) is 5.10 Å². The number of amides is 1. The van der Waals surface area contributed by atoms with Crippen LogP contribution in [-0.2, 0) is 9.53 Å². The van der Waals surface area contributed by atoms with E-state index in [1.165, 1.54) is 13.0 Å². The Morgan fingerprint density at radius 2 is 1.67 bits per heavy atom. The minimum absolute atomic E-state index is 0.00632. The summed E-state index contributed by atoms with van der Waals surface area (Å²) in [6.45, 7) is 1.43. The van der Waals surface area contributed by atoms with Crippen molar-refractivity contribution in [3.63, 3.8) is 0 Å². The lowest BCUT2D eigenvalue weighted by atomic mass is 9.82. The number of aromatic nitrogens is 2. The molecular weight excluding hydrogens is 434 g/mol. The van der Waals surface area contributed by atoms with Gasteiger partial charge >= 0.3 is 23.8 Å². The second-order valence-electron chi connectivity index (χ2n) is 7.83. The molecule has 4 rings (SSSR count). The maximum absolute atomic E-state index is 13.3. The Hall–Kier alpha value is -3.82. The highest BCUT2D eigenvalue weighted by molar-refractivity contribution is 6.00. The van der Waals surface area contributed by atoms with Crippen molar-refractivity contribution >= 4 is 29.3 Å². The van der Waals surface area contributed by atoms with Crippen molar-refractivity contribution in [2.75, 3.05) is 10.6 Å². The van der Waals surface area contributed by atoms with E-state index in [1.807, 2.05) is 12.1 Å². The van der Waals surface area contributed by atoms with Gasteiger partial charge in [-0.3, -0.25) is 9.59 Å². The monoisotopic (exact) mass is 456 g/mol. The average molecular weight is 456 g/mol. The van der Waals surface area contributed by atoms with Gasteiger partial charge in [-0.1, -0.05) is 17.2 Å². The van der Waals surface area contributed by atoms with E-state index in [0.717, 1.165) is 43.4 Å². The lowest BCUT2D eigenvalue weighted by Crippen LogP contribution is -2.22. The zero-order valence-electron chi connectivity index (χ0n) is 17.8. The van der Waals surface area contributed by atoms with Gasteiger partial charge in [0.2, 0.25) is 0 Å². The summed E-state index contributed by atoms with van der Waals surface area (Å²) in [5.41, 5.74) is 1.91. The topological polar surface area (TPSA) is 106 Å². The number of hydrogen-bond donors (Lipinski definition) is 2. The third kappa shape index (κ3) is 5.71. The van der Waals surface area contributed by atoms with Gasteiger partial charge in [0.25, 0.3) is 0 Å². The predicted octanol–water partition coefficient (Wildman–Crippen LogP) is 4.93. The number of esters is 1. The molecule has 0 unspecified atom stereocenters. The molecule has 1 aliphatic rings. The summed E-state index contributed by atoms with van der Waals surface area (Å²) in [5.74, 6) is -2.76. The summed E-state index contributed by atoms with van der Waals surface area (Å²) in [5, 5.41) is 12.7. The third-order valence-corrected chi connectivity index (χ3v) is 5.44. The van der Waals surface area contributed by atoms with E-state index < -0.39 is 17.5 Å². The number of ether oxygens (including phenoxy) is 1. The Bertz CT molecular complexity index is 1140. The predicted molar refractivity (Wildman–Crippen MR) is 115 cm³/mol. The number of carbonyl (C=O) groups excluding carboxylic acids is 2. The molecule has 0 spiro atoms. The minimum atomic E-state index is -1.03. The van der Waals surface area contributed by atoms with E-state index in [9.17, 15) is 18.4 Å². The zero-order chi connectivity index (χ0) is 23.4. The number of anilines is 3. The lowest BCUT2D eigenvalue weighted by Gasteiger charge is -2.28. The van der Waals surface area contributed by atoms with Crippen LogP contribution in [0.5, 0.6) is 0 Å². The Labute approximate surface area is 188 Å². The zero-order valence-corrected chi connectivity index (χ0v) is 17.8. The first-order chi connectivity index (χ1) is 15.9. The number of carbonyl (C=O) groups is 2. The van der Waals surface area contributed by atoms with Crippen LogP contribution in [0.25, 0.3) is 0 Å². The Balaban J connectivity index is 1.32. The van der Waals surface area contributed by atoms with E-state index in [2.05, 4.69) is 20.8 Å². The van der Waals surface area contributed by atoms with Gasteiger partial charge in [0.1, 0.15) is 6.10 Å². The number of halogens is 2. The largest absolute Gasteiger partial charge is 0.463 e. The van der Waals surface area contributed by atoms with Gasteiger partial charge in [0.05, 0.1) is 0 Å². The quantitative estimate of drug-likeness (QED) is 0.507. The first-order valence-electron chi connectivity index (χ1n) is 10.5. The molecule has 0 atom stereocenters. The van der Waals surface area contributed by atoms with E-state index in [0.29, 0.717) is 11.6 Å². The summed E-state index contributed by atoms with van der Waals surface area (Å²) in [4.78, 5) is 23.5. The lowest BCUT2D eigenvalue weighted by molar-refractivity contribution is -0.147. The first-order valence-corrected chi connectivity index (χ1v) is 10.5. The van der Waals surface area contributed by atoms with Gasteiger partial charge in [-0.05, 0) is 61.4 Å². The van der Waals surface area contributed by atoms with Crippen LogP contribution in [0, 0.1) is 11.6 Å². The molecule has 172 valence electrons. The molecule has 2 N–H and O–H groups in total. The van der Waals surface area contributed by atoms with Gasteiger partial charge < -0.3 is 19.8 Å². The van der Waals surface area contributed by atoms with Crippen LogP contribution in [-0.4, -0.2) is 28.2 Å². The molecule has 0 aliphatic heterocycles. The van der Waals surface area contributed by atoms with Crippen LogP contribution in [0.2, 0.25) is 0 Å². The average Bonchev–Trinajstić information content (AvgIpc) is 3.26. The summed E-state index contributed by atoms with van der Waals surface area (Å²) in [6, 6.07) is 10.6. The van der Waals surface area contributed by atoms with Crippen LogP contribution >= 0.6 is 0 Å². The minimum Gasteiger partial charge on any atom is -0.463 e. The Morgan fingerprint density at radius 1 is 0.970 bits per heavy atom. The van der Waals surface area contributed by atoms with Crippen LogP contribution in [0.15, 0.2) is 46.9 Å². The molecule has 1 fully saturated rings. The van der Waals surface area contributed by atoms with Crippen molar-refractivity contribution in [1.82, 2.24) is 10.2 Å². The van der Waals surface area contributed by atoms with Crippen molar-refractivity contribution < 1.29 is 27.5 Å². The molecule has 0 saturated heterocycles. The molecule has 1 aliphatic carbocycles. The van der Waals surface area contributed by atoms with Crippen LogP contribution in [0.4, 0.5) is 26.2 Å². The van der Waals surface area contributed by atoms with Crippen LogP contribution in [0.3, 0.4) is 0 Å². The van der Waals surface area contributed by atoms with Crippen molar-refractivity contribution in [2.24, 2.45) is 0 Å². The highest BCUT2D eigenvalue weighted by Gasteiger charge is 2.24. The van der Waals surface area contributed by atoms with Gasteiger partial charge in [-0.25, -0.2) is 8.78 Å². The third-order valence-electron chi connectivity index (χ3n) is 5.44. The molecule has 1 amide bonds. The van der Waals surface area contributed by atoms with E-state index in [1.54, 1.807) is 12.1 Å². The van der Waals surface area contributed by atoms with Gasteiger partial charge in [0.15, 0.2) is 11.6 Å². The SMILES string of the molecule is CC(=O)O[C@H]1CC[C@H](c2ccc(NC(=O)c3nnc(Nc4ccc(F)c(F)c4)o3)cc2)CC1. The smallest absolute Gasteiger partial charge is 0.320 e. The number of rotatable bonds is 6. The Morgan fingerprint density at radius 3 is 2.33 bits per heavy atom. The summed E-state index contributed by atoms with van der Waals surface area (Å²) >= 11 is 0. The number of benzene rings is 2. The Kier molecular flexibility index (Phi) is 6.62. The molecule has 33 heavy (non-hydrogen) atoms. The van der Waals surface area contributed by atoms with Crippen molar-refractivity contribution in [2.45, 2.75) is 44.6 Å². The standard InChI is InChI=1S/C23H22F2N4O4/c1-13(30)32-18-9-4-15(5-10-18)14-2-6-16(7-3-14)26-21(31)22-28-29-23(33-22)27-17-8-11-19(24)20(25)12-17/h2-3,6-8,11-12,15,18H,4-5,9-10H2,1H3,(H,26,31)(H,27,29)/t15-,18-. The molecule has 0 bridgehead atoms. The summed E-state index contributed by atoms with van der Waals surface area (Å²) in [7, 11) is 0. The normalized spacial score (nSPS) is 17.9. The van der Waals surface area contributed by atoms with Gasteiger partial charge in [-0.2, -0.15) is 0 Å². The molecular formula is C23H22F2N4O4. The molecule has 1 aromatic heterocycles. The molecule has 1 heterocycles. The van der Waals surface area contributed by atoms with Crippen LogP contribution in [0.1, 0.15) is 54.8 Å². The molecule has 0 radical (unpaired) electrons. The van der Waals surface area contributed by atoms with Crippen molar-refractivity contribution in [3.8, 4) is 0 Å². The van der Waals surface area contributed by atoms with Crippen molar-refractivity contribution in [1.29, 1.82) is 0 Å². The molecule has 8 nitrogen and oxygen atoms in total. The number of nitrogens with one attached hydrogen (secondary N) is 2. The first kappa shape index (κ1) is 22.4. The number of nitrogens with zero attached hydrogens (tertiary/aromatic N) is 2. The maximum Gasteiger partial charge on any atom is 0.320 e. The highest BCUT2D eigenvalue weighted by Crippen LogP contribution is 2.34. The van der Waals surface area contributed by atoms with E-state index >= 15 is 0 Å². The molecule has 10 heteroatoms. The fraction of sp³-hybridized carbons (Fsp3) is 0.304. The van der Waals surface area contributed by atoms with E-state index in [4.69, 9.17) is 9.15 Å². The summed E-state index contributed by atoms with van der Waals surface area (Å²) in [6.07, 6.45) is 3.52. The maximum atomic E-state index is 13.3.